The number of aryl methyl sites for hydroxylation is 2. The number of hydrogen-bond acceptors (Lipinski definition) is 4. The molecule has 0 heterocycles. The van der Waals surface area contributed by atoms with Crippen LogP contribution < -0.4 is 20.1 Å². The lowest BCUT2D eigenvalue weighted by Crippen LogP contribution is -2.41. The molecule has 0 bridgehead atoms. The number of nitrogens with one attached hydrogen (secondary N) is 3. The van der Waals surface area contributed by atoms with E-state index in [0.717, 1.165) is 22.4 Å². The van der Waals surface area contributed by atoms with Crippen LogP contribution in [0.2, 0.25) is 0 Å². The second-order valence-electron chi connectivity index (χ2n) is 6.65. The van der Waals surface area contributed by atoms with Gasteiger partial charge >= 0.3 is 0 Å². The van der Waals surface area contributed by atoms with Crippen molar-refractivity contribution in [2.75, 3.05) is 26.7 Å². The third-order valence-electron chi connectivity index (χ3n) is 4.24. The van der Waals surface area contributed by atoms with E-state index < -0.39 is 10.0 Å². The average molecular weight is 546 g/mol. The summed E-state index contributed by atoms with van der Waals surface area (Å²) in [5.41, 5.74) is 3.12. The second kappa shape index (κ2) is 12.8. The Morgan fingerprint density at radius 1 is 1.00 bits per heavy atom. The largest absolute Gasteiger partial charge is 0.496 e. The van der Waals surface area contributed by atoms with Crippen LogP contribution in [0.3, 0.4) is 0 Å². The van der Waals surface area contributed by atoms with Crippen molar-refractivity contribution in [2.24, 2.45) is 4.99 Å². The number of benzene rings is 2. The third kappa shape index (κ3) is 8.11. The summed E-state index contributed by atoms with van der Waals surface area (Å²) in [5.74, 6) is 1.42. The highest BCUT2D eigenvalue weighted by atomic mass is 127. The van der Waals surface area contributed by atoms with E-state index in [1.165, 1.54) is 0 Å². The lowest BCUT2D eigenvalue weighted by atomic mass is 10.1. The highest BCUT2D eigenvalue weighted by Gasteiger charge is 2.12. The molecular weight excluding hydrogens is 515 g/mol. The van der Waals surface area contributed by atoms with Crippen molar-refractivity contribution in [3.05, 3.63) is 59.2 Å². The minimum atomic E-state index is -3.52. The summed E-state index contributed by atoms with van der Waals surface area (Å²) in [6, 6.07) is 12.8. The molecule has 0 fully saturated rings. The number of nitrogens with zero attached hydrogens (tertiary/aromatic N) is 1. The smallest absolute Gasteiger partial charge is 0.240 e. The molecule has 166 valence electrons. The molecule has 0 aliphatic rings. The molecule has 0 aromatic heterocycles. The van der Waals surface area contributed by atoms with Gasteiger partial charge in [0.15, 0.2) is 5.96 Å². The Balaban J connectivity index is 0.00000450. The molecular formula is C21H31IN4O3S. The van der Waals surface area contributed by atoms with Gasteiger partial charge in [-0.2, -0.15) is 0 Å². The Morgan fingerprint density at radius 2 is 1.67 bits per heavy atom. The maximum atomic E-state index is 12.3. The van der Waals surface area contributed by atoms with Crippen molar-refractivity contribution in [3.8, 4) is 5.75 Å². The molecule has 7 nitrogen and oxygen atoms in total. The van der Waals surface area contributed by atoms with Gasteiger partial charge in [-0.1, -0.05) is 29.8 Å². The van der Waals surface area contributed by atoms with Gasteiger partial charge in [-0.05, 0) is 44.5 Å². The van der Waals surface area contributed by atoms with Crippen LogP contribution in [0.1, 0.15) is 23.6 Å². The van der Waals surface area contributed by atoms with Crippen molar-refractivity contribution in [1.29, 1.82) is 0 Å². The van der Waals surface area contributed by atoms with E-state index in [4.69, 9.17) is 4.74 Å². The Bertz CT molecular complexity index is 932. The van der Waals surface area contributed by atoms with E-state index in [0.29, 0.717) is 25.6 Å². The molecule has 0 unspecified atom stereocenters. The third-order valence-corrected chi connectivity index (χ3v) is 5.71. The van der Waals surface area contributed by atoms with Gasteiger partial charge in [-0.15, -0.1) is 24.0 Å². The molecule has 3 N–H and O–H groups in total. The summed E-state index contributed by atoms with van der Waals surface area (Å²) in [5, 5.41) is 6.30. The van der Waals surface area contributed by atoms with Crippen molar-refractivity contribution < 1.29 is 13.2 Å². The number of halogens is 1. The van der Waals surface area contributed by atoms with Gasteiger partial charge in [0.05, 0.1) is 18.6 Å². The highest BCUT2D eigenvalue weighted by Crippen LogP contribution is 2.20. The number of ether oxygens (including phenoxy) is 1. The molecule has 9 heteroatoms. The van der Waals surface area contributed by atoms with Crippen LogP contribution in [0.5, 0.6) is 5.75 Å². The predicted molar refractivity (Wildman–Crippen MR) is 132 cm³/mol. The number of guanidine groups is 1. The van der Waals surface area contributed by atoms with Crippen LogP contribution in [0.25, 0.3) is 0 Å². The fourth-order valence-corrected chi connectivity index (χ4v) is 3.69. The summed E-state index contributed by atoms with van der Waals surface area (Å²) >= 11 is 0. The van der Waals surface area contributed by atoms with Gasteiger partial charge in [0.25, 0.3) is 0 Å². The van der Waals surface area contributed by atoms with E-state index in [1.54, 1.807) is 31.4 Å². The molecule has 0 atom stereocenters. The molecule has 2 aromatic rings. The quantitative estimate of drug-likeness (QED) is 0.195. The first kappa shape index (κ1) is 26.2. The number of hydrogen-bond donors (Lipinski definition) is 3. The minimum Gasteiger partial charge on any atom is -0.496 e. The van der Waals surface area contributed by atoms with Crippen molar-refractivity contribution in [2.45, 2.75) is 32.2 Å². The van der Waals surface area contributed by atoms with Gasteiger partial charge in [0, 0.05) is 25.2 Å². The molecule has 0 aliphatic heterocycles. The average Bonchev–Trinajstić information content (AvgIpc) is 2.70. The Morgan fingerprint density at radius 3 is 2.30 bits per heavy atom. The van der Waals surface area contributed by atoms with Gasteiger partial charge in [0.1, 0.15) is 5.75 Å². The normalized spacial score (nSPS) is 11.5. The Labute approximate surface area is 196 Å². The maximum Gasteiger partial charge on any atom is 0.240 e. The topological polar surface area (TPSA) is 91.8 Å². The van der Waals surface area contributed by atoms with Crippen LogP contribution in [-0.4, -0.2) is 41.1 Å². The Hall–Kier alpha value is -1.85. The Kier molecular flexibility index (Phi) is 11.1. The molecule has 0 radical (unpaired) electrons. The number of methoxy groups -OCH3 is 1. The summed E-state index contributed by atoms with van der Waals surface area (Å²) in [7, 11) is -1.88. The standard InChI is InChI=1S/C21H30N4O3S.HI/c1-5-22-21(24-15-18-9-6-17(3)14-20(18)28-4)23-12-13-25-29(26,27)19-10-7-16(2)8-11-19;/h6-11,14,25H,5,12-13,15H2,1-4H3,(H2,22,23,24);1H. The van der Waals surface area contributed by atoms with E-state index in [-0.39, 0.29) is 35.4 Å². The van der Waals surface area contributed by atoms with Crippen molar-refractivity contribution >= 4 is 40.0 Å². The lowest BCUT2D eigenvalue weighted by Gasteiger charge is -2.13. The molecule has 0 aliphatic carbocycles. The van der Waals surface area contributed by atoms with Crippen LogP contribution in [0, 0.1) is 13.8 Å². The first-order chi connectivity index (χ1) is 13.9. The van der Waals surface area contributed by atoms with Gasteiger partial charge in [-0.25, -0.2) is 18.1 Å². The zero-order valence-electron chi connectivity index (χ0n) is 17.9. The molecule has 0 amide bonds. The number of rotatable bonds is 9. The molecule has 30 heavy (non-hydrogen) atoms. The van der Waals surface area contributed by atoms with E-state index in [1.807, 2.05) is 39.0 Å². The molecule has 2 rings (SSSR count). The first-order valence-electron chi connectivity index (χ1n) is 9.57. The number of sulfonamides is 1. The summed E-state index contributed by atoms with van der Waals surface area (Å²) in [6.45, 7) is 7.71. The van der Waals surface area contributed by atoms with Crippen LogP contribution in [0.4, 0.5) is 0 Å². The summed E-state index contributed by atoms with van der Waals surface area (Å²) in [4.78, 5) is 4.82. The van der Waals surface area contributed by atoms with E-state index >= 15 is 0 Å². The van der Waals surface area contributed by atoms with E-state index in [2.05, 4.69) is 20.3 Å². The summed E-state index contributed by atoms with van der Waals surface area (Å²) in [6.07, 6.45) is 0. The van der Waals surface area contributed by atoms with Gasteiger partial charge < -0.3 is 15.4 Å². The second-order valence-corrected chi connectivity index (χ2v) is 8.42. The van der Waals surface area contributed by atoms with Crippen molar-refractivity contribution in [3.63, 3.8) is 0 Å². The zero-order chi connectivity index (χ0) is 21.3. The monoisotopic (exact) mass is 546 g/mol. The summed E-state index contributed by atoms with van der Waals surface area (Å²) < 4.78 is 32.7. The van der Waals surface area contributed by atoms with Crippen molar-refractivity contribution in [1.82, 2.24) is 15.4 Å². The molecule has 2 aromatic carbocycles. The molecule has 0 spiro atoms. The van der Waals surface area contributed by atoms with Crippen LogP contribution in [0.15, 0.2) is 52.4 Å². The SMILES string of the molecule is CCNC(=NCc1ccc(C)cc1OC)NCCNS(=O)(=O)c1ccc(C)cc1.I. The maximum absolute atomic E-state index is 12.3. The van der Waals surface area contributed by atoms with E-state index in [9.17, 15) is 8.42 Å². The highest BCUT2D eigenvalue weighted by molar-refractivity contribution is 14.0. The molecule has 0 saturated heterocycles. The van der Waals surface area contributed by atoms with Gasteiger partial charge in [0.2, 0.25) is 10.0 Å². The fourth-order valence-electron chi connectivity index (χ4n) is 2.66. The zero-order valence-corrected chi connectivity index (χ0v) is 21.0. The number of aliphatic imine (C=N–C) groups is 1. The predicted octanol–water partition coefficient (Wildman–Crippen LogP) is 2.96. The van der Waals surface area contributed by atoms with Crippen LogP contribution >= 0.6 is 24.0 Å². The lowest BCUT2D eigenvalue weighted by molar-refractivity contribution is 0.409. The van der Waals surface area contributed by atoms with Crippen LogP contribution in [-0.2, 0) is 16.6 Å². The fraction of sp³-hybridized carbons (Fsp3) is 0.381. The first-order valence-corrected chi connectivity index (χ1v) is 11.1. The van der Waals surface area contributed by atoms with Gasteiger partial charge in [-0.3, -0.25) is 0 Å². The molecule has 0 saturated carbocycles. The minimum absolute atomic E-state index is 0.